The van der Waals surface area contributed by atoms with Crippen molar-refractivity contribution in [3.63, 3.8) is 0 Å². The summed E-state index contributed by atoms with van der Waals surface area (Å²) in [5.74, 6) is -0.446. The van der Waals surface area contributed by atoms with E-state index >= 15 is 0 Å². The number of nitro benzene ring substituents is 1. The molecule has 0 heterocycles. The number of nitrogens with zero attached hydrogens (tertiary/aromatic N) is 1. The number of nitrogens with one attached hydrogen (secondary N) is 3. The van der Waals surface area contributed by atoms with Crippen molar-refractivity contribution >= 4 is 34.6 Å². The summed E-state index contributed by atoms with van der Waals surface area (Å²) in [7, 11) is 0. The molecule has 27 heavy (non-hydrogen) atoms. The van der Waals surface area contributed by atoms with E-state index in [0.717, 1.165) is 5.69 Å². The minimum atomic E-state index is -0.531. The molecule has 2 aromatic carbocycles. The number of anilines is 3. The fraction of sp³-hybridized carbons (Fsp3) is 0.263. The second kappa shape index (κ2) is 8.79. The number of hydrogen-bond donors (Lipinski definition) is 3. The number of amides is 2. The van der Waals surface area contributed by atoms with Gasteiger partial charge in [-0.3, -0.25) is 19.7 Å². The van der Waals surface area contributed by atoms with Crippen LogP contribution >= 0.6 is 0 Å². The van der Waals surface area contributed by atoms with Crippen LogP contribution in [0.5, 0.6) is 0 Å². The fourth-order valence-electron chi connectivity index (χ4n) is 2.17. The Bertz CT molecular complexity index is 817. The van der Waals surface area contributed by atoms with Gasteiger partial charge in [0.15, 0.2) is 0 Å². The first-order valence-electron chi connectivity index (χ1n) is 8.49. The van der Waals surface area contributed by atoms with Crippen molar-refractivity contribution in [1.29, 1.82) is 0 Å². The molecule has 1 unspecified atom stereocenters. The van der Waals surface area contributed by atoms with E-state index in [9.17, 15) is 19.7 Å². The van der Waals surface area contributed by atoms with Crippen molar-refractivity contribution in [3.05, 3.63) is 58.6 Å². The predicted molar refractivity (Wildman–Crippen MR) is 105 cm³/mol. The highest BCUT2D eigenvalue weighted by Crippen LogP contribution is 2.17. The summed E-state index contributed by atoms with van der Waals surface area (Å²) in [6, 6.07) is 12.1. The molecule has 8 heteroatoms. The molecule has 0 spiro atoms. The number of benzene rings is 2. The highest BCUT2D eigenvalue weighted by Gasteiger charge is 2.14. The molecule has 0 saturated heterocycles. The van der Waals surface area contributed by atoms with Crippen LogP contribution in [0.25, 0.3) is 0 Å². The summed E-state index contributed by atoms with van der Waals surface area (Å²) < 4.78 is 0. The van der Waals surface area contributed by atoms with Gasteiger partial charge in [-0.15, -0.1) is 0 Å². The first-order valence-corrected chi connectivity index (χ1v) is 8.49. The van der Waals surface area contributed by atoms with Crippen molar-refractivity contribution in [3.8, 4) is 0 Å². The molecule has 2 amide bonds. The van der Waals surface area contributed by atoms with Gasteiger partial charge in [-0.2, -0.15) is 0 Å². The minimum absolute atomic E-state index is 0.0381. The van der Waals surface area contributed by atoms with E-state index in [4.69, 9.17) is 0 Å². The third-order valence-electron chi connectivity index (χ3n) is 3.80. The van der Waals surface area contributed by atoms with Gasteiger partial charge in [0, 0.05) is 35.1 Å². The molecule has 2 aromatic rings. The monoisotopic (exact) mass is 370 g/mol. The molecule has 8 nitrogen and oxygen atoms in total. The van der Waals surface area contributed by atoms with Gasteiger partial charge in [-0.1, -0.05) is 13.8 Å². The summed E-state index contributed by atoms with van der Waals surface area (Å²) >= 11 is 0. The van der Waals surface area contributed by atoms with Gasteiger partial charge >= 0.3 is 0 Å². The standard InChI is InChI=1S/C19H22N4O4/c1-12(2)18(24)21-15-6-4-14(5-7-15)20-13(3)19(25)22-16-8-10-17(11-9-16)23(26)27/h4-13,20H,1-3H3,(H,21,24)(H,22,25). The van der Waals surface area contributed by atoms with Gasteiger partial charge in [-0.05, 0) is 43.3 Å². The summed E-state index contributed by atoms with van der Waals surface area (Å²) in [4.78, 5) is 34.1. The zero-order chi connectivity index (χ0) is 20.0. The Balaban J connectivity index is 1.91. The van der Waals surface area contributed by atoms with Crippen molar-refractivity contribution in [1.82, 2.24) is 0 Å². The van der Waals surface area contributed by atoms with Crippen LogP contribution in [0, 0.1) is 16.0 Å². The van der Waals surface area contributed by atoms with E-state index < -0.39 is 11.0 Å². The van der Waals surface area contributed by atoms with E-state index in [-0.39, 0.29) is 23.4 Å². The Morgan fingerprint density at radius 3 is 1.74 bits per heavy atom. The SMILES string of the molecule is CC(C)C(=O)Nc1ccc(NC(C)C(=O)Nc2ccc([N+](=O)[O-])cc2)cc1. The van der Waals surface area contributed by atoms with E-state index in [1.54, 1.807) is 31.2 Å². The van der Waals surface area contributed by atoms with Crippen molar-refractivity contribution in [2.24, 2.45) is 5.92 Å². The molecule has 0 aliphatic heterocycles. The highest BCUT2D eigenvalue weighted by atomic mass is 16.6. The summed E-state index contributed by atoms with van der Waals surface area (Å²) in [5, 5.41) is 19.2. The largest absolute Gasteiger partial charge is 0.374 e. The van der Waals surface area contributed by atoms with Gasteiger partial charge in [0.05, 0.1) is 4.92 Å². The number of carbonyl (C=O) groups excluding carboxylic acids is 2. The van der Waals surface area contributed by atoms with E-state index in [1.807, 2.05) is 13.8 Å². The lowest BCUT2D eigenvalue weighted by molar-refractivity contribution is -0.384. The van der Waals surface area contributed by atoms with Crippen LogP contribution in [0.2, 0.25) is 0 Å². The molecule has 2 rings (SSSR count). The van der Waals surface area contributed by atoms with Crippen LogP contribution in [0.3, 0.4) is 0 Å². The Kier molecular flexibility index (Phi) is 6.48. The van der Waals surface area contributed by atoms with E-state index in [1.165, 1.54) is 24.3 Å². The molecule has 0 saturated carbocycles. The number of non-ortho nitro benzene ring substituents is 1. The van der Waals surface area contributed by atoms with Gasteiger partial charge in [0.1, 0.15) is 6.04 Å². The number of rotatable bonds is 7. The molecule has 0 aromatic heterocycles. The van der Waals surface area contributed by atoms with Crippen LogP contribution in [0.1, 0.15) is 20.8 Å². The molecule has 0 aliphatic rings. The lowest BCUT2D eigenvalue weighted by atomic mass is 10.2. The summed E-state index contributed by atoms with van der Waals surface area (Å²) in [5.41, 5.74) is 1.85. The molecule has 0 bridgehead atoms. The molecule has 1 atom stereocenters. The molecule has 0 aliphatic carbocycles. The first kappa shape index (κ1) is 19.9. The van der Waals surface area contributed by atoms with Gasteiger partial charge in [0.25, 0.3) is 5.69 Å². The lowest BCUT2D eigenvalue weighted by Crippen LogP contribution is -2.31. The van der Waals surface area contributed by atoms with Gasteiger partial charge in [0.2, 0.25) is 11.8 Å². The summed E-state index contributed by atoms with van der Waals surface area (Å²) in [6.45, 7) is 5.34. The minimum Gasteiger partial charge on any atom is -0.374 e. The van der Waals surface area contributed by atoms with Crippen LogP contribution in [-0.2, 0) is 9.59 Å². The third kappa shape index (κ3) is 5.81. The Morgan fingerprint density at radius 1 is 0.815 bits per heavy atom. The van der Waals surface area contributed by atoms with Crippen LogP contribution in [-0.4, -0.2) is 22.8 Å². The maximum absolute atomic E-state index is 12.3. The predicted octanol–water partition coefficient (Wildman–Crippen LogP) is 3.63. The maximum atomic E-state index is 12.3. The molecule has 0 radical (unpaired) electrons. The smallest absolute Gasteiger partial charge is 0.269 e. The maximum Gasteiger partial charge on any atom is 0.269 e. The molecule has 0 fully saturated rings. The number of hydrogen-bond acceptors (Lipinski definition) is 5. The van der Waals surface area contributed by atoms with Crippen LogP contribution in [0.15, 0.2) is 48.5 Å². The zero-order valence-electron chi connectivity index (χ0n) is 15.4. The molecule has 3 N–H and O–H groups in total. The second-order valence-electron chi connectivity index (χ2n) is 6.38. The highest BCUT2D eigenvalue weighted by molar-refractivity contribution is 5.96. The van der Waals surface area contributed by atoms with Crippen LogP contribution in [0.4, 0.5) is 22.7 Å². The van der Waals surface area contributed by atoms with Crippen molar-refractivity contribution in [2.45, 2.75) is 26.8 Å². The van der Waals surface area contributed by atoms with Gasteiger partial charge in [-0.25, -0.2) is 0 Å². The molecular formula is C19H22N4O4. The Hall–Kier alpha value is -3.42. The van der Waals surface area contributed by atoms with E-state index in [0.29, 0.717) is 11.4 Å². The van der Waals surface area contributed by atoms with E-state index in [2.05, 4.69) is 16.0 Å². The average Bonchev–Trinajstić information content (AvgIpc) is 2.63. The first-order chi connectivity index (χ1) is 12.8. The number of nitro groups is 1. The average molecular weight is 370 g/mol. The summed E-state index contributed by atoms with van der Waals surface area (Å²) in [6.07, 6.45) is 0. The topological polar surface area (TPSA) is 113 Å². The van der Waals surface area contributed by atoms with Gasteiger partial charge < -0.3 is 16.0 Å². The lowest BCUT2D eigenvalue weighted by Gasteiger charge is -2.16. The zero-order valence-corrected chi connectivity index (χ0v) is 15.4. The second-order valence-corrected chi connectivity index (χ2v) is 6.38. The Morgan fingerprint density at radius 2 is 1.26 bits per heavy atom. The van der Waals surface area contributed by atoms with Crippen molar-refractivity contribution < 1.29 is 14.5 Å². The number of carbonyl (C=O) groups is 2. The van der Waals surface area contributed by atoms with Crippen LogP contribution < -0.4 is 16.0 Å². The van der Waals surface area contributed by atoms with Crippen molar-refractivity contribution in [2.75, 3.05) is 16.0 Å². The molecule has 142 valence electrons. The molecular weight excluding hydrogens is 348 g/mol. The quantitative estimate of drug-likeness (QED) is 0.509. The fourth-order valence-corrected chi connectivity index (χ4v) is 2.17. The Labute approximate surface area is 157 Å². The third-order valence-corrected chi connectivity index (χ3v) is 3.80. The normalized spacial score (nSPS) is 11.6.